The highest BCUT2D eigenvalue weighted by atomic mass is 16.5. The van der Waals surface area contributed by atoms with Gasteiger partial charge in [-0.1, -0.05) is 25.1 Å². The van der Waals surface area contributed by atoms with Gasteiger partial charge in [-0.25, -0.2) is 0 Å². The van der Waals surface area contributed by atoms with Crippen LogP contribution in [0, 0.1) is 5.92 Å². The molecule has 3 nitrogen and oxygen atoms in total. The van der Waals surface area contributed by atoms with Crippen molar-refractivity contribution in [1.29, 1.82) is 0 Å². The third kappa shape index (κ3) is 2.38. The highest BCUT2D eigenvalue weighted by Gasteiger charge is 2.29. The van der Waals surface area contributed by atoms with Gasteiger partial charge in [0.25, 0.3) is 0 Å². The zero-order valence-electron chi connectivity index (χ0n) is 10.9. The van der Waals surface area contributed by atoms with E-state index in [4.69, 9.17) is 9.47 Å². The van der Waals surface area contributed by atoms with Crippen LogP contribution in [0.3, 0.4) is 0 Å². The van der Waals surface area contributed by atoms with Gasteiger partial charge in [0.2, 0.25) is 0 Å². The molecule has 18 heavy (non-hydrogen) atoms. The van der Waals surface area contributed by atoms with Gasteiger partial charge in [0.1, 0.15) is 5.75 Å². The monoisotopic (exact) mass is 247 g/mol. The number of fused-ring (bicyclic) bond motifs is 1. The molecule has 2 atom stereocenters. The molecule has 0 spiro atoms. The molecule has 1 N–H and O–H groups in total. The largest absolute Gasteiger partial charge is 0.493 e. The van der Waals surface area contributed by atoms with Crippen LogP contribution >= 0.6 is 0 Å². The van der Waals surface area contributed by atoms with Crippen LogP contribution in [-0.4, -0.2) is 25.9 Å². The summed E-state index contributed by atoms with van der Waals surface area (Å²) in [4.78, 5) is 0. The first-order valence-corrected chi connectivity index (χ1v) is 6.90. The summed E-state index contributed by atoms with van der Waals surface area (Å²) in [5.41, 5.74) is 1.31. The van der Waals surface area contributed by atoms with E-state index in [2.05, 4.69) is 30.4 Å². The molecular formula is C15H21NO2. The van der Waals surface area contributed by atoms with Crippen LogP contribution in [0.5, 0.6) is 5.75 Å². The molecule has 0 aromatic heterocycles. The summed E-state index contributed by atoms with van der Waals surface area (Å²) >= 11 is 0. The minimum atomic E-state index is 0.415. The molecule has 0 amide bonds. The van der Waals surface area contributed by atoms with E-state index in [9.17, 15) is 0 Å². The van der Waals surface area contributed by atoms with Gasteiger partial charge in [-0.2, -0.15) is 0 Å². The lowest BCUT2D eigenvalue weighted by Gasteiger charge is -2.36. The highest BCUT2D eigenvalue weighted by molar-refractivity contribution is 5.38. The molecular weight excluding hydrogens is 226 g/mol. The van der Waals surface area contributed by atoms with Gasteiger partial charge < -0.3 is 14.8 Å². The zero-order chi connectivity index (χ0) is 12.4. The minimum absolute atomic E-state index is 0.415. The fourth-order valence-corrected chi connectivity index (χ4v) is 2.87. The third-order valence-electron chi connectivity index (χ3n) is 3.96. The third-order valence-corrected chi connectivity index (χ3v) is 3.96. The van der Waals surface area contributed by atoms with E-state index in [1.165, 1.54) is 5.56 Å². The first kappa shape index (κ1) is 12.0. The Balaban J connectivity index is 1.77. The normalized spacial score (nSPS) is 28.5. The van der Waals surface area contributed by atoms with Crippen LogP contribution in [0.1, 0.15) is 31.4 Å². The Kier molecular flexibility index (Phi) is 3.52. The minimum Gasteiger partial charge on any atom is -0.493 e. The maximum atomic E-state index is 5.79. The molecule has 0 bridgehead atoms. The summed E-state index contributed by atoms with van der Waals surface area (Å²) in [5.74, 6) is 1.56. The Labute approximate surface area is 108 Å². The Hall–Kier alpha value is -1.06. The van der Waals surface area contributed by atoms with Crippen molar-refractivity contribution in [2.75, 3.05) is 19.8 Å². The molecule has 98 valence electrons. The number of para-hydroxylation sites is 1. The second-order valence-corrected chi connectivity index (χ2v) is 5.36. The quantitative estimate of drug-likeness (QED) is 0.871. The van der Waals surface area contributed by atoms with Crippen LogP contribution in [0.4, 0.5) is 0 Å². The van der Waals surface area contributed by atoms with Crippen molar-refractivity contribution in [1.82, 2.24) is 5.32 Å². The van der Waals surface area contributed by atoms with Crippen LogP contribution in [-0.2, 0) is 4.74 Å². The Morgan fingerprint density at radius 1 is 1.17 bits per heavy atom. The predicted molar refractivity (Wildman–Crippen MR) is 70.8 cm³/mol. The summed E-state index contributed by atoms with van der Waals surface area (Å²) in [6.45, 7) is 4.83. The van der Waals surface area contributed by atoms with Crippen molar-refractivity contribution < 1.29 is 9.47 Å². The van der Waals surface area contributed by atoms with Gasteiger partial charge >= 0.3 is 0 Å². The molecule has 1 saturated heterocycles. The topological polar surface area (TPSA) is 30.5 Å². The molecule has 0 aliphatic carbocycles. The summed E-state index contributed by atoms with van der Waals surface area (Å²) in [6.07, 6.45) is 2.23. The summed E-state index contributed by atoms with van der Waals surface area (Å²) in [5, 5.41) is 3.80. The van der Waals surface area contributed by atoms with Crippen molar-refractivity contribution in [2.45, 2.75) is 31.8 Å². The number of ether oxygens (including phenoxy) is 2. The van der Waals surface area contributed by atoms with E-state index in [0.29, 0.717) is 18.0 Å². The molecule has 2 aliphatic rings. The van der Waals surface area contributed by atoms with Gasteiger partial charge in [0, 0.05) is 36.8 Å². The zero-order valence-corrected chi connectivity index (χ0v) is 10.9. The fraction of sp³-hybridized carbons (Fsp3) is 0.600. The van der Waals surface area contributed by atoms with Gasteiger partial charge in [0.05, 0.1) is 6.61 Å². The first-order valence-electron chi connectivity index (χ1n) is 6.90. The average molecular weight is 247 g/mol. The predicted octanol–water partition coefficient (Wildman–Crippen LogP) is 2.52. The molecule has 2 aliphatic heterocycles. The molecule has 0 radical (unpaired) electrons. The summed E-state index contributed by atoms with van der Waals surface area (Å²) in [7, 11) is 0. The molecule has 3 heteroatoms. The van der Waals surface area contributed by atoms with E-state index in [1.807, 2.05) is 6.07 Å². The van der Waals surface area contributed by atoms with Crippen molar-refractivity contribution in [3.05, 3.63) is 29.8 Å². The van der Waals surface area contributed by atoms with E-state index in [1.54, 1.807) is 0 Å². The van der Waals surface area contributed by atoms with Crippen LogP contribution in [0.25, 0.3) is 0 Å². The van der Waals surface area contributed by atoms with E-state index in [-0.39, 0.29) is 0 Å². The maximum Gasteiger partial charge on any atom is 0.124 e. The Morgan fingerprint density at radius 3 is 2.78 bits per heavy atom. The van der Waals surface area contributed by atoms with Crippen LogP contribution < -0.4 is 10.1 Å². The highest BCUT2D eigenvalue weighted by Crippen LogP contribution is 2.35. The van der Waals surface area contributed by atoms with E-state index in [0.717, 1.165) is 38.4 Å². The lowest BCUT2D eigenvalue weighted by atomic mass is 9.90. The molecule has 2 unspecified atom stereocenters. The second-order valence-electron chi connectivity index (χ2n) is 5.36. The average Bonchev–Trinajstić information content (AvgIpc) is 2.43. The van der Waals surface area contributed by atoms with Crippen LogP contribution in [0.2, 0.25) is 0 Å². The molecule has 1 aromatic carbocycles. The molecule has 0 saturated carbocycles. The SMILES string of the molecule is CC1COc2ccccc2C1NC1CCOCC1. The fourth-order valence-electron chi connectivity index (χ4n) is 2.87. The van der Waals surface area contributed by atoms with Gasteiger partial charge in [-0.05, 0) is 18.9 Å². The van der Waals surface area contributed by atoms with Gasteiger partial charge in [0.15, 0.2) is 0 Å². The summed E-state index contributed by atoms with van der Waals surface area (Å²) < 4.78 is 11.2. The molecule has 2 heterocycles. The van der Waals surface area contributed by atoms with Gasteiger partial charge in [-0.15, -0.1) is 0 Å². The Bertz CT molecular complexity index is 401. The number of benzene rings is 1. The lowest BCUT2D eigenvalue weighted by Crippen LogP contribution is -2.42. The smallest absolute Gasteiger partial charge is 0.124 e. The van der Waals surface area contributed by atoms with Crippen molar-refractivity contribution >= 4 is 0 Å². The van der Waals surface area contributed by atoms with Gasteiger partial charge in [-0.3, -0.25) is 0 Å². The standard InChI is InChI=1S/C15H21NO2/c1-11-10-18-14-5-3-2-4-13(14)15(11)16-12-6-8-17-9-7-12/h2-5,11-12,15-16H,6-10H2,1H3. The Morgan fingerprint density at radius 2 is 1.94 bits per heavy atom. The van der Waals surface area contributed by atoms with Crippen LogP contribution in [0.15, 0.2) is 24.3 Å². The lowest BCUT2D eigenvalue weighted by molar-refractivity contribution is 0.0683. The van der Waals surface area contributed by atoms with Crippen molar-refractivity contribution in [3.8, 4) is 5.75 Å². The number of nitrogens with one attached hydrogen (secondary N) is 1. The second kappa shape index (κ2) is 5.29. The molecule has 1 fully saturated rings. The van der Waals surface area contributed by atoms with Crippen molar-refractivity contribution in [3.63, 3.8) is 0 Å². The molecule has 1 aromatic rings. The van der Waals surface area contributed by atoms with E-state index < -0.39 is 0 Å². The first-order chi connectivity index (χ1) is 8.84. The maximum absolute atomic E-state index is 5.79. The molecule has 3 rings (SSSR count). The van der Waals surface area contributed by atoms with E-state index >= 15 is 0 Å². The number of hydrogen-bond donors (Lipinski definition) is 1. The summed E-state index contributed by atoms with van der Waals surface area (Å²) in [6, 6.07) is 9.39. The number of hydrogen-bond acceptors (Lipinski definition) is 3. The van der Waals surface area contributed by atoms with Crippen molar-refractivity contribution in [2.24, 2.45) is 5.92 Å². The number of rotatable bonds is 2.